The minimum Gasteiger partial charge on any atom is -0.379 e. The zero-order valence-electron chi connectivity index (χ0n) is 10.5. The molecule has 0 heterocycles. The number of hydrogen-bond donors (Lipinski definition) is 1. The van der Waals surface area contributed by atoms with Gasteiger partial charge in [-0.1, -0.05) is 0 Å². The average Bonchev–Trinajstić information content (AvgIpc) is 2.20. The summed E-state index contributed by atoms with van der Waals surface area (Å²) in [6, 6.07) is 11.0. The summed E-state index contributed by atoms with van der Waals surface area (Å²) in [7, 11) is 1.71. The first-order chi connectivity index (χ1) is 6.99. The molecule has 0 aliphatic carbocycles. The van der Waals surface area contributed by atoms with Crippen molar-refractivity contribution < 1.29 is 25.2 Å². The molecular weight excluding hydrogens is 293 g/mol. The molecule has 0 radical (unpaired) electrons. The van der Waals surface area contributed by atoms with E-state index in [-0.39, 0.29) is 26.0 Å². The minimum atomic E-state index is 0. The summed E-state index contributed by atoms with van der Waals surface area (Å²) in [6.45, 7) is 6.77. The van der Waals surface area contributed by atoms with Crippen molar-refractivity contribution in [3.63, 3.8) is 0 Å². The van der Waals surface area contributed by atoms with Gasteiger partial charge in [-0.3, -0.25) is 0 Å². The van der Waals surface area contributed by atoms with Gasteiger partial charge in [-0.2, -0.15) is 35.9 Å². The van der Waals surface area contributed by atoms with Gasteiger partial charge >= 0.3 is 0 Å². The number of rotatable bonds is 2. The molecule has 0 fully saturated rings. The molecule has 2 nitrogen and oxygen atoms in total. The van der Waals surface area contributed by atoms with Crippen molar-refractivity contribution in [2.24, 2.45) is 5.73 Å². The first-order valence-corrected chi connectivity index (χ1v) is 5.20. The molecule has 0 aliphatic heterocycles. The van der Waals surface area contributed by atoms with E-state index in [9.17, 15) is 0 Å². The van der Waals surface area contributed by atoms with E-state index in [4.69, 9.17) is 10.5 Å². The fourth-order valence-electron chi connectivity index (χ4n) is 0.742. The molecule has 0 atom stereocenters. The van der Waals surface area contributed by atoms with E-state index in [2.05, 4.69) is 6.07 Å². The molecule has 0 saturated carbocycles. The molecule has 1 rings (SSSR count). The van der Waals surface area contributed by atoms with Gasteiger partial charge < -0.3 is 10.5 Å². The summed E-state index contributed by atoms with van der Waals surface area (Å²) in [5.41, 5.74) is 6.58. The SMILES string of the molecule is COC(C)(C)C.NCCc1[c-]cccc1.[Pd]. The predicted molar refractivity (Wildman–Crippen MR) is 64.8 cm³/mol. The molecule has 0 saturated heterocycles. The minimum absolute atomic E-state index is 0. The van der Waals surface area contributed by atoms with Crippen LogP contribution in [-0.4, -0.2) is 19.3 Å². The summed E-state index contributed by atoms with van der Waals surface area (Å²) < 4.78 is 4.94. The molecule has 1 aromatic rings. The van der Waals surface area contributed by atoms with Crippen molar-refractivity contribution in [3.8, 4) is 0 Å². The van der Waals surface area contributed by atoms with Crippen molar-refractivity contribution in [2.75, 3.05) is 13.7 Å². The number of methoxy groups -OCH3 is 1. The number of benzene rings is 1. The normalized spacial score (nSPS) is 9.81. The van der Waals surface area contributed by atoms with Gasteiger partial charge in [0.25, 0.3) is 0 Å². The molecule has 0 amide bonds. The predicted octanol–water partition coefficient (Wildman–Crippen LogP) is 2.42. The Morgan fingerprint density at radius 3 is 2.19 bits per heavy atom. The molecule has 2 N–H and O–H groups in total. The van der Waals surface area contributed by atoms with Crippen LogP contribution in [0.1, 0.15) is 26.3 Å². The molecule has 96 valence electrons. The Labute approximate surface area is 113 Å². The number of nitrogens with two attached hydrogens (primary N) is 1. The van der Waals surface area contributed by atoms with E-state index < -0.39 is 0 Å². The van der Waals surface area contributed by atoms with Crippen LogP contribution < -0.4 is 5.73 Å². The van der Waals surface area contributed by atoms with Gasteiger partial charge in [0.05, 0.1) is 5.60 Å². The number of hydrogen-bond acceptors (Lipinski definition) is 2. The van der Waals surface area contributed by atoms with Crippen molar-refractivity contribution in [2.45, 2.75) is 32.8 Å². The monoisotopic (exact) mass is 314 g/mol. The Bertz CT molecular complexity index is 244. The van der Waals surface area contributed by atoms with E-state index in [0.29, 0.717) is 6.54 Å². The van der Waals surface area contributed by atoms with Crippen LogP contribution in [-0.2, 0) is 31.6 Å². The molecule has 0 aromatic heterocycles. The second-order valence-electron chi connectivity index (χ2n) is 4.24. The Hall–Kier alpha value is -0.198. The zero-order valence-corrected chi connectivity index (χ0v) is 12.1. The summed E-state index contributed by atoms with van der Waals surface area (Å²) in [5, 5.41) is 0. The van der Waals surface area contributed by atoms with Gasteiger partial charge in [0.1, 0.15) is 0 Å². The standard InChI is InChI=1S/C8H10N.C5H12O.Pd/c9-7-6-8-4-2-1-3-5-8;1-5(2,3)6-4;/h1-4H,6-7,9H2;1-4H3;/q-1;;. The molecule has 0 spiro atoms. The van der Waals surface area contributed by atoms with Gasteiger partial charge in [-0.05, 0) is 33.7 Å². The zero-order chi connectivity index (χ0) is 11.7. The molecule has 16 heavy (non-hydrogen) atoms. The van der Waals surface area contributed by atoms with Gasteiger partial charge in [0, 0.05) is 27.5 Å². The summed E-state index contributed by atoms with van der Waals surface area (Å²) in [6.07, 6.45) is 0.931. The molecule has 1 aromatic carbocycles. The second-order valence-corrected chi connectivity index (χ2v) is 4.24. The van der Waals surface area contributed by atoms with Gasteiger partial charge in [-0.25, -0.2) is 0 Å². The quantitative estimate of drug-likeness (QED) is 0.672. The molecular formula is C13H22NOPd-. The topological polar surface area (TPSA) is 35.2 Å². The van der Waals surface area contributed by atoms with Crippen molar-refractivity contribution in [1.82, 2.24) is 0 Å². The molecule has 0 bridgehead atoms. The number of ether oxygens (including phenoxy) is 1. The van der Waals surface area contributed by atoms with E-state index >= 15 is 0 Å². The van der Waals surface area contributed by atoms with Gasteiger partial charge in [0.15, 0.2) is 0 Å². The Balaban J connectivity index is 0. The summed E-state index contributed by atoms with van der Waals surface area (Å²) in [5.74, 6) is 0. The van der Waals surface area contributed by atoms with Crippen molar-refractivity contribution in [3.05, 3.63) is 35.9 Å². The Morgan fingerprint density at radius 1 is 1.31 bits per heavy atom. The molecule has 0 aliphatic rings. The van der Waals surface area contributed by atoms with Crippen LogP contribution in [0.2, 0.25) is 0 Å². The van der Waals surface area contributed by atoms with Crippen LogP contribution in [0.25, 0.3) is 0 Å². The first kappa shape index (κ1) is 18.2. The summed E-state index contributed by atoms with van der Waals surface area (Å²) in [4.78, 5) is 0. The van der Waals surface area contributed by atoms with Crippen LogP contribution in [0, 0.1) is 6.07 Å². The summed E-state index contributed by atoms with van der Waals surface area (Å²) >= 11 is 0. The first-order valence-electron chi connectivity index (χ1n) is 5.20. The third-order valence-electron chi connectivity index (χ3n) is 1.80. The fourth-order valence-corrected chi connectivity index (χ4v) is 0.742. The fraction of sp³-hybridized carbons (Fsp3) is 0.538. The van der Waals surface area contributed by atoms with Crippen LogP contribution >= 0.6 is 0 Å². The van der Waals surface area contributed by atoms with Crippen molar-refractivity contribution >= 4 is 0 Å². The van der Waals surface area contributed by atoms with Crippen LogP contribution in [0.4, 0.5) is 0 Å². The Morgan fingerprint density at radius 2 is 1.88 bits per heavy atom. The van der Waals surface area contributed by atoms with Gasteiger partial charge in [0.2, 0.25) is 0 Å². The van der Waals surface area contributed by atoms with E-state index in [1.54, 1.807) is 7.11 Å². The van der Waals surface area contributed by atoms with Crippen LogP contribution in [0.15, 0.2) is 24.3 Å². The largest absolute Gasteiger partial charge is 0.379 e. The van der Waals surface area contributed by atoms with Crippen LogP contribution in [0.5, 0.6) is 0 Å². The molecule has 3 heteroatoms. The average molecular weight is 315 g/mol. The van der Waals surface area contributed by atoms with E-state index in [0.717, 1.165) is 6.42 Å². The second kappa shape index (κ2) is 9.99. The Kier molecular flexibility index (Phi) is 11.3. The third kappa shape index (κ3) is 11.9. The van der Waals surface area contributed by atoms with Gasteiger partial charge in [-0.15, -0.1) is 0 Å². The maximum atomic E-state index is 5.34. The molecule has 0 unspecified atom stereocenters. The van der Waals surface area contributed by atoms with Crippen molar-refractivity contribution in [1.29, 1.82) is 0 Å². The van der Waals surface area contributed by atoms with E-state index in [1.807, 2.05) is 45.0 Å². The third-order valence-corrected chi connectivity index (χ3v) is 1.80. The van der Waals surface area contributed by atoms with E-state index in [1.165, 1.54) is 5.56 Å². The smallest absolute Gasteiger partial charge is 0.0594 e. The van der Waals surface area contributed by atoms with Crippen LogP contribution in [0.3, 0.4) is 0 Å². The maximum Gasteiger partial charge on any atom is 0.0594 e. The maximum absolute atomic E-state index is 5.34.